The Morgan fingerprint density at radius 1 is 1.16 bits per heavy atom. The van der Waals surface area contributed by atoms with Gasteiger partial charge in [-0.2, -0.15) is 0 Å². The van der Waals surface area contributed by atoms with E-state index in [0.29, 0.717) is 0 Å². The van der Waals surface area contributed by atoms with E-state index < -0.39 is 22.8 Å². The van der Waals surface area contributed by atoms with Crippen molar-refractivity contribution in [2.45, 2.75) is 40.2 Å². The molecule has 0 aliphatic carbocycles. The van der Waals surface area contributed by atoms with Crippen molar-refractivity contribution in [1.29, 1.82) is 0 Å². The molecule has 1 aromatic rings. The van der Waals surface area contributed by atoms with Gasteiger partial charge in [0.25, 0.3) is 5.69 Å². The van der Waals surface area contributed by atoms with Gasteiger partial charge >= 0.3 is 12.2 Å². The van der Waals surface area contributed by atoms with Crippen LogP contribution in [0.4, 0.5) is 15.3 Å². The van der Waals surface area contributed by atoms with E-state index in [1.165, 1.54) is 24.3 Å². The number of hydrogen-bond acceptors (Lipinski definition) is 7. The molecule has 0 aliphatic rings. The van der Waals surface area contributed by atoms with Crippen molar-refractivity contribution in [2.24, 2.45) is 0 Å². The zero-order valence-electron chi connectivity index (χ0n) is 15.0. The van der Waals surface area contributed by atoms with Crippen LogP contribution in [0.3, 0.4) is 0 Å². The minimum atomic E-state index is -0.982. The highest BCUT2D eigenvalue weighted by Gasteiger charge is 2.15. The fraction of sp³-hybridized carbons (Fsp3) is 0.500. The largest absolute Gasteiger partial charge is 0.513 e. The lowest BCUT2D eigenvalue weighted by Gasteiger charge is -2.19. The van der Waals surface area contributed by atoms with E-state index in [1.54, 1.807) is 20.8 Å². The SMILES string of the molecule is CC.CC(C)(C)OC(=O)NCCOC(=O)Oc1ccc([N+](=O)[O-])cc1. The van der Waals surface area contributed by atoms with Crippen molar-refractivity contribution >= 4 is 17.9 Å². The van der Waals surface area contributed by atoms with E-state index in [-0.39, 0.29) is 24.6 Å². The summed E-state index contributed by atoms with van der Waals surface area (Å²) in [6.45, 7) is 9.13. The first-order valence-electron chi connectivity index (χ1n) is 7.73. The molecule has 0 bridgehead atoms. The van der Waals surface area contributed by atoms with Gasteiger partial charge < -0.3 is 19.5 Å². The van der Waals surface area contributed by atoms with Gasteiger partial charge in [0.1, 0.15) is 18.0 Å². The number of carbonyl (C=O) groups is 2. The molecule has 140 valence electrons. The fourth-order valence-electron chi connectivity index (χ4n) is 1.36. The van der Waals surface area contributed by atoms with E-state index in [1.807, 2.05) is 13.8 Å². The molecule has 0 atom stereocenters. The van der Waals surface area contributed by atoms with E-state index in [9.17, 15) is 19.7 Å². The number of alkyl carbamates (subject to hydrolysis) is 1. The molecule has 1 rings (SSSR count). The molecule has 1 aromatic carbocycles. The number of ether oxygens (including phenoxy) is 3. The van der Waals surface area contributed by atoms with Gasteiger partial charge in [0.2, 0.25) is 0 Å². The number of benzene rings is 1. The summed E-state index contributed by atoms with van der Waals surface area (Å²) in [5.41, 5.74) is -0.730. The van der Waals surface area contributed by atoms with Crippen LogP contribution < -0.4 is 10.1 Å². The average Bonchev–Trinajstić information content (AvgIpc) is 2.52. The minimum Gasteiger partial charge on any atom is -0.444 e. The van der Waals surface area contributed by atoms with Crippen LogP contribution in [0.1, 0.15) is 34.6 Å². The molecule has 25 heavy (non-hydrogen) atoms. The second-order valence-electron chi connectivity index (χ2n) is 5.38. The molecule has 0 radical (unpaired) electrons. The molecule has 9 heteroatoms. The first-order valence-corrected chi connectivity index (χ1v) is 7.73. The van der Waals surface area contributed by atoms with Gasteiger partial charge in [-0.05, 0) is 32.9 Å². The van der Waals surface area contributed by atoms with Crippen molar-refractivity contribution in [3.05, 3.63) is 34.4 Å². The molecule has 0 saturated heterocycles. The molecule has 0 unspecified atom stereocenters. The smallest absolute Gasteiger partial charge is 0.444 e. The number of hydrogen-bond donors (Lipinski definition) is 1. The predicted molar refractivity (Wildman–Crippen MR) is 90.7 cm³/mol. The number of nitro groups is 1. The zero-order valence-corrected chi connectivity index (χ0v) is 15.0. The molecule has 0 fully saturated rings. The highest BCUT2D eigenvalue weighted by atomic mass is 16.7. The van der Waals surface area contributed by atoms with Crippen LogP contribution >= 0.6 is 0 Å². The normalized spacial score (nSPS) is 9.96. The summed E-state index contributed by atoms with van der Waals surface area (Å²) in [5.74, 6) is 0.112. The van der Waals surface area contributed by atoms with E-state index >= 15 is 0 Å². The lowest BCUT2D eigenvalue weighted by Crippen LogP contribution is -2.34. The van der Waals surface area contributed by atoms with Crippen LogP contribution in [0.5, 0.6) is 5.75 Å². The van der Waals surface area contributed by atoms with Crippen LogP contribution in [0.25, 0.3) is 0 Å². The molecule has 0 aliphatic heterocycles. The van der Waals surface area contributed by atoms with E-state index in [0.717, 1.165) is 0 Å². The number of carbonyl (C=O) groups excluding carboxylic acids is 2. The van der Waals surface area contributed by atoms with Crippen LogP contribution in [0.15, 0.2) is 24.3 Å². The standard InChI is InChI=1S/C14H18N2O7.C2H6/c1-14(2,3)23-12(17)15-8-9-21-13(18)22-11-6-4-10(5-7-11)16(19)20;1-2/h4-7H,8-9H2,1-3H3,(H,15,17);1-2H3. The van der Waals surface area contributed by atoms with Gasteiger partial charge in [-0.25, -0.2) is 9.59 Å². The molecule has 0 heterocycles. The third kappa shape index (κ3) is 10.5. The van der Waals surface area contributed by atoms with Gasteiger partial charge in [-0.3, -0.25) is 10.1 Å². The van der Waals surface area contributed by atoms with E-state index in [2.05, 4.69) is 5.32 Å². The second-order valence-corrected chi connectivity index (χ2v) is 5.38. The monoisotopic (exact) mass is 356 g/mol. The number of amides is 1. The maximum atomic E-state index is 11.4. The Morgan fingerprint density at radius 2 is 1.72 bits per heavy atom. The third-order valence-corrected chi connectivity index (χ3v) is 2.24. The molecule has 9 nitrogen and oxygen atoms in total. The lowest BCUT2D eigenvalue weighted by molar-refractivity contribution is -0.384. The molecule has 1 amide bonds. The summed E-state index contributed by atoms with van der Waals surface area (Å²) in [6, 6.07) is 4.95. The Morgan fingerprint density at radius 3 is 2.20 bits per heavy atom. The number of nitrogens with one attached hydrogen (secondary N) is 1. The summed E-state index contributed by atoms with van der Waals surface area (Å²) in [4.78, 5) is 32.6. The molecule has 0 spiro atoms. The maximum Gasteiger partial charge on any atom is 0.513 e. The van der Waals surface area contributed by atoms with Crippen LogP contribution in [-0.4, -0.2) is 35.9 Å². The number of non-ortho nitro benzene ring substituents is 1. The molecule has 1 N–H and O–H groups in total. The van der Waals surface area contributed by atoms with Crippen LogP contribution in [0, 0.1) is 10.1 Å². The van der Waals surface area contributed by atoms with Gasteiger partial charge in [-0.15, -0.1) is 0 Å². The van der Waals surface area contributed by atoms with Gasteiger partial charge in [0.15, 0.2) is 0 Å². The van der Waals surface area contributed by atoms with Gasteiger partial charge in [0.05, 0.1) is 11.5 Å². The first kappa shape index (κ1) is 22.2. The Hall–Kier alpha value is -2.84. The minimum absolute atomic E-state index is 0.0598. The van der Waals surface area contributed by atoms with Gasteiger partial charge in [0, 0.05) is 12.1 Å². The Balaban J connectivity index is 0.00000277. The van der Waals surface area contributed by atoms with Gasteiger partial charge in [-0.1, -0.05) is 13.8 Å². The second kappa shape index (κ2) is 10.8. The highest BCUT2D eigenvalue weighted by Crippen LogP contribution is 2.17. The van der Waals surface area contributed by atoms with Crippen molar-refractivity contribution in [3.8, 4) is 5.75 Å². The third-order valence-electron chi connectivity index (χ3n) is 2.24. The maximum absolute atomic E-state index is 11.4. The number of rotatable bonds is 5. The van der Waals surface area contributed by atoms with Crippen molar-refractivity contribution in [1.82, 2.24) is 5.32 Å². The Bertz CT molecular complexity index is 565. The van der Waals surface area contributed by atoms with Crippen LogP contribution in [0.2, 0.25) is 0 Å². The molecular formula is C16H24N2O7. The molecule has 0 saturated carbocycles. The van der Waals surface area contributed by atoms with Crippen molar-refractivity contribution in [2.75, 3.05) is 13.2 Å². The fourth-order valence-corrected chi connectivity index (χ4v) is 1.36. The highest BCUT2D eigenvalue weighted by molar-refractivity contribution is 5.67. The molecular weight excluding hydrogens is 332 g/mol. The van der Waals surface area contributed by atoms with E-state index in [4.69, 9.17) is 14.2 Å². The zero-order chi connectivity index (χ0) is 19.5. The first-order chi connectivity index (χ1) is 11.7. The van der Waals surface area contributed by atoms with Crippen LogP contribution in [-0.2, 0) is 9.47 Å². The summed E-state index contributed by atoms with van der Waals surface area (Å²) in [6.07, 6.45) is -1.60. The summed E-state index contributed by atoms with van der Waals surface area (Å²) in [7, 11) is 0. The average molecular weight is 356 g/mol. The predicted octanol–water partition coefficient (Wildman–Crippen LogP) is 3.66. The Kier molecular flexibility index (Phi) is 9.61. The molecule has 0 aromatic heterocycles. The topological polar surface area (TPSA) is 117 Å². The number of nitrogens with zero attached hydrogens (tertiary/aromatic N) is 1. The number of nitro benzene ring substituents is 1. The quantitative estimate of drug-likeness (QED) is 0.281. The summed E-state index contributed by atoms with van der Waals surface area (Å²) in [5, 5.41) is 12.9. The Labute approximate surface area is 146 Å². The van der Waals surface area contributed by atoms with Crippen molar-refractivity contribution < 1.29 is 28.7 Å². The summed E-state index contributed by atoms with van der Waals surface area (Å²) >= 11 is 0. The van der Waals surface area contributed by atoms with Crippen molar-refractivity contribution in [3.63, 3.8) is 0 Å². The summed E-state index contributed by atoms with van der Waals surface area (Å²) < 4.78 is 14.5. The lowest BCUT2D eigenvalue weighted by atomic mass is 10.2.